The summed E-state index contributed by atoms with van der Waals surface area (Å²) in [5.74, 6) is -2.84. The van der Waals surface area contributed by atoms with Crippen molar-refractivity contribution in [3.05, 3.63) is 77.6 Å². The molecule has 13 heteroatoms. The first-order valence-electron chi connectivity index (χ1n) is 11.0. The third-order valence-corrected chi connectivity index (χ3v) is 5.87. The van der Waals surface area contributed by atoms with Gasteiger partial charge in [-0.2, -0.15) is 13.2 Å². The van der Waals surface area contributed by atoms with Crippen molar-refractivity contribution in [2.45, 2.75) is 25.6 Å². The smallest absolute Gasteiger partial charge is 0.380 e. The molecule has 8 nitrogen and oxygen atoms in total. The number of hydrogen-bond donors (Lipinski definition) is 2. The molecule has 4 rings (SSSR count). The highest BCUT2D eigenvalue weighted by Gasteiger charge is 2.44. The topological polar surface area (TPSA) is 106 Å². The van der Waals surface area contributed by atoms with Crippen LogP contribution in [-0.4, -0.2) is 39.9 Å². The molecule has 2 N–H and O–H groups in total. The fourth-order valence-electron chi connectivity index (χ4n) is 3.89. The Kier molecular flexibility index (Phi) is 7.43. The van der Waals surface area contributed by atoms with Crippen LogP contribution in [0.3, 0.4) is 0 Å². The van der Waals surface area contributed by atoms with Gasteiger partial charge in [-0.05, 0) is 24.6 Å². The van der Waals surface area contributed by atoms with E-state index in [1.165, 1.54) is 18.7 Å². The number of nitrogens with zero attached hydrogens (tertiary/aromatic N) is 3. The molecule has 3 aromatic rings. The van der Waals surface area contributed by atoms with Crippen molar-refractivity contribution in [1.82, 2.24) is 20.3 Å². The number of anilines is 2. The van der Waals surface area contributed by atoms with E-state index in [1.807, 2.05) is 0 Å². The fraction of sp³-hybridized carbons (Fsp3) is 0.292. The lowest BCUT2D eigenvalue weighted by atomic mass is 9.80. The van der Waals surface area contributed by atoms with Gasteiger partial charge in [0, 0.05) is 31.5 Å². The number of aromatic nitrogens is 3. The number of rotatable bonds is 8. The Morgan fingerprint density at radius 3 is 2.49 bits per heavy atom. The molecular weight excluding hydrogens is 501 g/mol. The molecule has 0 unspecified atom stereocenters. The van der Waals surface area contributed by atoms with Crippen molar-refractivity contribution in [1.29, 1.82) is 0 Å². The van der Waals surface area contributed by atoms with Crippen LogP contribution in [0.5, 0.6) is 0 Å². The van der Waals surface area contributed by atoms with Crippen LogP contribution in [0.2, 0.25) is 0 Å². The summed E-state index contributed by atoms with van der Waals surface area (Å²) in [5.41, 5.74) is -2.95. The number of Topliss-reactive ketones (excluding diaryl/α,β-unsaturated/α-hetero) is 1. The average Bonchev–Trinajstić information content (AvgIpc) is 3.34. The highest BCUT2D eigenvalue weighted by molar-refractivity contribution is 5.99. The number of hydrogen-bond acceptors (Lipinski definition) is 7. The highest BCUT2D eigenvalue weighted by Crippen LogP contribution is 2.37. The van der Waals surface area contributed by atoms with E-state index in [2.05, 4.69) is 25.6 Å². The number of nitrogens with one attached hydrogen (secondary N) is 2. The number of ether oxygens (including phenoxy) is 1. The van der Waals surface area contributed by atoms with Crippen LogP contribution in [0.15, 0.2) is 49.2 Å². The third kappa shape index (κ3) is 6.05. The van der Waals surface area contributed by atoms with Crippen LogP contribution in [0.1, 0.15) is 34.5 Å². The van der Waals surface area contributed by atoms with Gasteiger partial charge in [-0.15, -0.1) is 0 Å². The van der Waals surface area contributed by atoms with Gasteiger partial charge < -0.3 is 15.4 Å². The normalized spacial score (nSPS) is 17.4. The van der Waals surface area contributed by atoms with Gasteiger partial charge >= 0.3 is 6.18 Å². The Balaban J connectivity index is 1.44. The number of benzene rings is 1. The Hall–Kier alpha value is -4.00. The van der Waals surface area contributed by atoms with E-state index in [9.17, 15) is 31.5 Å². The van der Waals surface area contributed by atoms with Crippen molar-refractivity contribution in [3.63, 3.8) is 0 Å². The van der Waals surface area contributed by atoms with E-state index in [0.29, 0.717) is 6.07 Å². The van der Waals surface area contributed by atoms with Crippen LogP contribution in [0.25, 0.3) is 0 Å². The minimum absolute atomic E-state index is 0.00373. The lowest BCUT2D eigenvalue weighted by Gasteiger charge is -2.25. The molecule has 1 aliphatic heterocycles. The molecular formula is C24H20F5N5O3. The second kappa shape index (κ2) is 10.5. The number of ketones is 1. The molecule has 1 aromatic carbocycles. The molecule has 0 radical (unpaired) electrons. The highest BCUT2D eigenvalue weighted by atomic mass is 19.4. The van der Waals surface area contributed by atoms with Crippen molar-refractivity contribution in [2.75, 3.05) is 18.5 Å². The first kappa shape index (κ1) is 26.1. The Labute approximate surface area is 207 Å². The third-order valence-electron chi connectivity index (χ3n) is 5.87. The summed E-state index contributed by atoms with van der Waals surface area (Å²) in [6.45, 7) is -0.0712. The predicted molar refractivity (Wildman–Crippen MR) is 120 cm³/mol. The zero-order valence-electron chi connectivity index (χ0n) is 19.1. The molecule has 194 valence electrons. The summed E-state index contributed by atoms with van der Waals surface area (Å²) in [4.78, 5) is 37.1. The molecule has 37 heavy (non-hydrogen) atoms. The van der Waals surface area contributed by atoms with Crippen LogP contribution < -0.4 is 10.6 Å². The van der Waals surface area contributed by atoms with Crippen molar-refractivity contribution in [3.8, 4) is 0 Å². The molecule has 3 heterocycles. The number of carbonyl (C=O) groups is 2. The first-order chi connectivity index (χ1) is 17.6. The van der Waals surface area contributed by atoms with Crippen LogP contribution >= 0.6 is 0 Å². The van der Waals surface area contributed by atoms with E-state index >= 15 is 0 Å². The van der Waals surface area contributed by atoms with E-state index in [4.69, 9.17) is 4.74 Å². The van der Waals surface area contributed by atoms with Gasteiger partial charge in [-0.25, -0.2) is 18.7 Å². The quantitative estimate of drug-likeness (QED) is 0.338. The SMILES string of the molecule is O=C(C[C@@]1(C(=O)NCc2ncc(Nc3ccc(F)cc3C(F)(F)F)cc2F)CCOC1)c1cncnc1. The maximum Gasteiger partial charge on any atom is 0.418 e. The maximum absolute atomic E-state index is 14.7. The van der Waals surface area contributed by atoms with Gasteiger partial charge in [-0.1, -0.05) is 0 Å². The minimum Gasteiger partial charge on any atom is -0.380 e. The van der Waals surface area contributed by atoms with E-state index in [1.54, 1.807) is 0 Å². The predicted octanol–water partition coefficient (Wildman–Crippen LogP) is 4.21. The summed E-state index contributed by atoms with van der Waals surface area (Å²) in [5, 5.41) is 4.95. The van der Waals surface area contributed by atoms with Gasteiger partial charge in [0.15, 0.2) is 5.78 Å². The lowest BCUT2D eigenvalue weighted by molar-refractivity contribution is -0.137. The van der Waals surface area contributed by atoms with Gasteiger partial charge in [0.05, 0.1) is 53.0 Å². The first-order valence-corrected chi connectivity index (χ1v) is 11.0. The van der Waals surface area contributed by atoms with E-state index in [0.717, 1.165) is 24.4 Å². The Morgan fingerprint density at radius 1 is 1.08 bits per heavy atom. The Bertz CT molecular complexity index is 1300. The van der Waals surface area contributed by atoms with E-state index in [-0.39, 0.29) is 55.3 Å². The summed E-state index contributed by atoms with van der Waals surface area (Å²) < 4.78 is 73.0. The molecule has 0 spiro atoms. The molecule has 0 saturated carbocycles. The zero-order chi connectivity index (χ0) is 26.6. The van der Waals surface area contributed by atoms with Crippen molar-refractivity contribution >= 4 is 23.1 Å². The number of halogens is 5. The molecule has 0 aliphatic carbocycles. The number of carbonyl (C=O) groups excluding carboxylic acids is 2. The Morgan fingerprint density at radius 2 is 1.84 bits per heavy atom. The second-order valence-electron chi connectivity index (χ2n) is 8.46. The molecule has 1 saturated heterocycles. The summed E-state index contributed by atoms with van der Waals surface area (Å²) in [7, 11) is 0. The molecule has 2 aromatic heterocycles. The summed E-state index contributed by atoms with van der Waals surface area (Å²) in [6.07, 6.45) is 0.316. The largest absolute Gasteiger partial charge is 0.418 e. The van der Waals surface area contributed by atoms with Crippen LogP contribution in [0.4, 0.5) is 33.3 Å². The molecule has 1 aliphatic rings. The van der Waals surface area contributed by atoms with Gasteiger partial charge in [0.25, 0.3) is 0 Å². The second-order valence-corrected chi connectivity index (χ2v) is 8.46. The summed E-state index contributed by atoms with van der Waals surface area (Å²) in [6, 6.07) is 2.96. The number of amides is 1. The van der Waals surface area contributed by atoms with Gasteiger partial charge in [0.2, 0.25) is 5.91 Å². The van der Waals surface area contributed by atoms with Crippen molar-refractivity contribution < 1.29 is 36.3 Å². The summed E-state index contributed by atoms with van der Waals surface area (Å²) >= 11 is 0. The zero-order valence-corrected chi connectivity index (χ0v) is 19.1. The van der Waals surface area contributed by atoms with Gasteiger partial charge in [-0.3, -0.25) is 14.6 Å². The monoisotopic (exact) mass is 521 g/mol. The van der Waals surface area contributed by atoms with Crippen LogP contribution in [-0.2, 0) is 22.3 Å². The van der Waals surface area contributed by atoms with E-state index < -0.39 is 40.4 Å². The standard InChI is InChI=1S/C24H20F5N5O3/c25-15-1-2-19(17(5-15)24(27,28)29)34-16-6-18(26)20(32-10-16)11-33-22(36)23(3-4-37-12-23)7-21(35)14-8-30-13-31-9-14/h1-2,5-6,8-10,13,34H,3-4,7,11-12H2,(H,33,36)/t23-/m0/s1. The van der Waals surface area contributed by atoms with Crippen molar-refractivity contribution in [2.24, 2.45) is 5.41 Å². The molecule has 0 bridgehead atoms. The van der Waals surface area contributed by atoms with Gasteiger partial charge in [0.1, 0.15) is 18.0 Å². The minimum atomic E-state index is -4.84. The number of pyridine rings is 1. The lowest BCUT2D eigenvalue weighted by Crippen LogP contribution is -2.43. The fourth-order valence-corrected chi connectivity index (χ4v) is 3.89. The maximum atomic E-state index is 14.7. The van der Waals surface area contributed by atoms with Crippen LogP contribution in [0, 0.1) is 17.0 Å². The molecule has 1 fully saturated rings. The number of alkyl halides is 3. The average molecular weight is 521 g/mol. The molecule has 1 amide bonds. The molecule has 1 atom stereocenters.